The van der Waals surface area contributed by atoms with E-state index in [9.17, 15) is 0 Å². The van der Waals surface area contributed by atoms with Gasteiger partial charge in [0.15, 0.2) is 0 Å². The van der Waals surface area contributed by atoms with Crippen LogP contribution in [0.4, 0.5) is 0 Å². The molecule has 0 fully saturated rings. The molecule has 0 amide bonds. The van der Waals surface area contributed by atoms with E-state index in [2.05, 4.69) is 11.2 Å². The molecule has 0 N–H and O–H groups in total. The van der Waals surface area contributed by atoms with Crippen molar-refractivity contribution >= 4 is 5.71 Å². The summed E-state index contributed by atoms with van der Waals surface area (Å²) in [7, 11) is 1.67. The standard InChI is InChI=1S/C13H15NO3/c1-7-4-9-12(5-11(7)15-3)16-6-10-8(2)17-14-13(9)10/h4-5,8,10H,6H2,1-3H3. The number of oxime groups is 1. The normalized spacial score (nSPS) is 25.2. The van der Waals surface area contributed by atoms with Crippen molar-refractivity contribution in [3.05, 3.63) is 23.3 Å². The fraction of sp³-hybridized carbons (Fsp3) is 0.462. The van der Waals surface area contributed by atoms with Gasteiger partial charge in [-0.25, -0.2) is 0 Å². The van der Waals surface area contributed by atoms with Gasteiger partial charge in [-0.1, -0.05) is 5.16 Å². The minimum absolute atomic E-state index is 0.0977. The zero-order chi connectivity index (χ0) is 12.0. The van der Waals surface area contributed by atoms with Crippen LogP contribution in [0.2, 0.25) is 0 Å². The minimum atomic E-state index is 0.0977. The molecule has 0 aliphatic carbocycles. The molecule has 0 spiro atoms. The Morgan fingerprint density at radius 2 is 2.24 bits per heavy atom. The summed E-state index contributed by atoms with van der Waals surface area (Å²) in [5, 5.41) is 4.17. The van der Waals surface area contributed by atoms with Gasteiger partial charge in [0.2, 0.25) is 0 Å². The molecule has 2 heterocycles. The monoisotopic (exact) mass is 233 g/mol. The quantitative estimate of drug-likeness (QED) is 0.746. The third-order valence-electron chi connectivity index (χ3n) is 3.43. The maximum Gasteiger partial charge on any atom is 0.136 e. The highest BCUT2D eigenvalue weighted by atomic mass is 16.6. The van der Waals surface area contributed by atoms with Crippen molar-refractivity contribution in [3.8, 4) is 11.5 Å². The molecule has 0 saturated heterocycles. The number of ether oxygens (including phenoxy) is 2. The Morgan fingerprint density at radius 3 is 3.00 bits per heavy atom. The molecule has 0 radical (unpaired) electrons. The fourth-order valence-corrected chi connectivity index (χ4v) is 2.36. The maximum absolute atomic E-state index is 5.76. The van der Waals surface area contributed by atoms with Crippen LogP contribution in [0.1, 0.15) is 18.1 Å². The third-order valence-corrected chi connectivity index (χ3v) is 3.43. The second-order valence-electron chi connectivity index (χ2n) is 4.52. The number of hydrogen-bond acceptors (Lipinski definition) is 4. The molecule has 3 rings (SSSR count). The number of benzene rings is 1. The molecule has 0 bridgehead atoms. The molecule has 2 aliphatic heterocycles. The molecule has 1 aromatic carbocycles. The van der Waals surface area contributed by atoms with Gasteiger partial charge in [-0.3, -0.25) is 0 Å². The van der Waals surface area contributed by atoms with Gasteiger partial charge in [0, 0.05) is 11.6 Å². The first kappa shape index (κ1) is 10.4. The first-order chi connectivity index (χ1) is 8.20. The molecule has 2 aliphatic rings. The highest BCUT2D eigenvalue weighted by Gasteiger charge is 2.37. The summed E-state index contributed by atoms with van der Waals surface area (Å²) < 4.78 is 11.1. The molecule has 2 atom stereocenters. The molecule has 4 heteroatoms. The third kappa shape index (κ3) is 1.47. The lowest BCUT2D eigenvalue weighted by molar-refractivity contribution is 0.0625. The van der Waals surface area contributed by atoms with Crippen LogP contribution in [0, 0.1) is 12.8 Å². The molecule has 2 unspecified atom stereocenters. The van der Waals surface area contributed by atoms with E-state index in [1.54, 1.807) is 7.11 Å². The molecular formula is C13H15NO3. The second-order valence-corrected chi connectivity index (χ2v) is 4.52. The van der Waals surface area contributed by atoms with Gasteiger partial charge in [-0.05, 0) is 25.5 Å². The minimum Gasteiger partial charge on any atom is -0.496 e. The Morgan fingerprint density at radius 1 is 1.41 bits per heavy atom. The number of hydrogen-bond donors (Lipinski definition) is 0. The predicted molar refractivity (Wildman–Crippen MR) is 63.8 cm³/mol. The van der Waals surface area contributed by atoms with E-state index < -0.39 is 0 Å². The Bertz CT molecular complexity index is 496. The second kappa shape index (κ2) is 3.65. The summed E-state index contributed by atoms with van der Waals surface area (Å²) in [5.74, 6) is 1.92. The Balaban J connectivity index is 2.10. The van der Waals surface area contributed by atoms with Crippen molar-refractivity contribution in [2.24, 2.45) is 11.1 Å². The number of fused-ring (bicyclic) bond motifs is 3. The molecule has 4 nitrogen and oxygen atoms in total. The van der Waals surface area contributed by atoms with Crippen LogP contribution in [-0.2, 0) is 4.84 Å². The van der Waals surface area contributed by atoms with E-state index >= 15 is 0 Å². The number of nitrogens with zero attached hydrogens (tertiary/aromatic N) is 1. The molecule has 17 heavy (non-hydrogen) atoms. The van der Waals surface area contributed by atoms with Crippen LogP contribution in [0.15, 0.2) is 17.3 Å². The summed E-state index contributed by atoms with van der Waals surface area (Å²) in [6.45, 7) is 4.66. The van der Waals surface area contributed by atoms with Gasteiger partial charge in [-0.2, -0.15) is 0 Å². The SMILES string of the molecule is COc1cc2c(cc1C)C1=NOC(C)C1CO2. The summed E-state index contributed by atoms with van der Waals surface area (Å²) in [5.41, 5.74) is 3.12. The van der Waals surface area contributed by atoms with Crippen molar-refractivity contribution in [3.63, 3.8) is 0 Å². The van der Waals surface area contributed by atoms with Gasteiger partial charge in [0.1, 0.15) is 29.9 Å². The average Bonchev–Trinajstić information content (AvgIpc) is 2.71. The lowest BCUT2D eigenvalue weighted by atomic mass is 9.90. The van der Waals surface area contributed by atoms with Crippen molar-refractivity contribution in [2.45, 2.75) is 20.0 Å². The molecular weight excluding hydrogens is 218 g/mol. The summed E-state index contributed by atoms with van der Waals surface area (Å²) in [4.78, 5) is 5.33. The molecule has 90 valence electrons. The van der Waals surface area contributed by atoms with Crippen LogP contribution in [-0.4, -0.2) is 25.5 Å². The van der Waals surface area contributed by atoms with Gasteiger partial charge in [0.05, 0.1) is 13.0 Å². The number of aryl methyl sites for hydroxylation is 1. The molecule has 1 aromatic rings. The van der Waals surface area contributed by atoms with Crippen LogP contribution in [0.25, 0.3) is 0 Å². The van der Waals surface area contributed by atoms with Gasteiger partial charge in [0.25, 0.3) is 0 Å². The van der Waals surface area contributed by atoms with Crippen LogP contribution in [0.5, 0.6) is 11.5 Å². The highest BCUT2D eigenvalue weighted by molar-refractivity contribution is 6.06. The van der Waals surface area contributed by atoms with E-state index in [1.165, 1.54) is 0 Å². The van der Waals surface area contributed by atoms with E-state index in [4.69, 9.17) is 14.3 Å². The van der Waals surface area contributed by atoms with Gasteiger partial charge >= 0.3 is 0 Å². The van der Waals surface area contributed by atoms with E-state index in [1.807, 2.05) is 19.9 Å². The van der Waals surface area contributed by atoms with Gasteiger partial charge < -0.3 is 14.3 Å². The van der Waals surface area contributed by atoms with Crippen LogP contribution < -0.4 is 9.47 Å². The Hall–Kier alpha value is -1.71. The first-order valence-electron chi connectivity index (χ1n) is 5.76. The fourth-order valence-electron chi connectivity index (χ4n) is 2.36. The predicted octanol–water partition coefficient (Wildman–Crippen LogP) is 2.14. The van der Waals surface area contributed by atoms with Gasteiger partial charge in [-0.15, -0.1) is 0 Å². The van der Waals surface area contributed by atoms with E-state index in [-0.39, 0.29) is 12.0 Å². The van der Waals surface area contributed by atoms with Crippen molar-refractivity contribution < 1.29 is 14.3 Å². The summed E-state index contributed by atoms with van der Waals surface area (Å²) in [6, 6.07) is 3.98. The smallest absolute Gasteiger partial charge is 0.136 e. The Kier molecular flexibility index (Phi) is 2.24. The van der Waals surface area contributed by atoms with Crippen LogP contribution >= 0.6 is 0 Å². The highest BCUT2D eigenvalue weighted by Crippen LogP contribution is 2.37. The lowest BCUT2D eigenvalue weighted by Crippen LogP contribution is -2.32. The average molecular weight is 233 g/mol. The number of rotatable bonds is 1. The van der Waals surface area contributed by atoms with Crippen molar-refractivity contribution in [2.75, 3.05) is 13.7 Å². The van der Waals surface area contributed by atoms with E-state index in [0.717, 1.165) is 28.3 Å². The summed E-state index contributed by atoms with van der Waals surface area (Å²) >= 11 is 0. The maximum atomic E-state index is 5.76. The molecule has 0 saturated carbocycles. The Labute approximate surface area is 100 Å². The number of methoxy groups -OCH3 is 1. The lowest BCUT2D eigenvalue weighted by Gasteiger charge is -2.24. The zero-order valence-electron chi connectivity index (χ0n) is 10.2. The largest absolute Gasteiger partial charge is 0.496 e. The zero-order valence-corrected chi connectivity index (χ0v) is 10.2. The van der Waals surface area contributed by atoms with E-state index in [0.29, 0.717) is 6.61 Å². The van der Waals surface area contributed by atoms with Crippen molar-refractivity contribution in [1.82, 2.24) is 0 Å². The van der Waals surface area contributed by atoms with Crippen molar-refractivity contribution in [1.29, 1.82) is 0 Å². The summed E-state index contributed by atoms with van der Waals surface area (Å²) in [6.07, 6.45) is 0.0977. The topological polar surface area (TPSA) is 40.0 Å². The van der Waals surface area contributed by atoms with Crippen LogP contribution in [0.3, 0.4) is 0 Å². The first-order valence-corrected chi connectivity index (χ1v) is 5.76. The molecule has 0 aromatic heterocycles.